The van der Waals surface area contributed by atoms with Crippen molar-refractivity contribution in [3.05, 3.63) is 36.8 Å². The zero-order valence-electron chi connectivity index (χ0n) is 12.9. The van der Waals surface area contributed by atoms with Gasteiger partial charge in [0.05, 0.1) is 24.4 Å². The maximum atomic E-state index is 5.47. The van der Waals surface area contributed by atoms with Crippen molar-refractivity contribution < 1.29 is 4.74 Å². The zero-order chi connectivity index (χ0) is 15.6. The van der Waals surface area contributed by atoms with E-state index in [0.717, 1.165) is 54.5 Å². The maximum Gasteiger partial charge on any atom is 0.160 e. The molecule has 1 aliphatic rings. The van der Waals surface area contributed by atoms with Gasteiger partial charge in [-0.2, -0.15) is 5.10 Å². The van der Waals surface area contributed by atoms with Crippen molar-refractivity contribution in [2.45, 2.75) is 0 Å². The van der Waals surface area contributed by atoms with Crippen molar-refractivity contribution >= 4 is 22.5 Å². The molecule has 23 heavy (non-hydrogen) atoms. The summed E-state index contributed by atoms with van der Waals surface area (Å²) >= 11 is 0. The number of aromatic amines is 1. The van der Waals surface area contributed by atoms with E-state index in [-0.39, 0.29) is 0 Å². The van der Waals surface area contributed by atoms with Gasteiger partial charge < -0.3 is 14.5 Å². The minimum atomic E-state index is 0.780. The van der Waals surface area contributed by atoms with Gasteiger partial charge in [0.1, 0.15) is 17.9 Å². The van der Waals surface area contributed by atoms with E-state index < -0.39 is 0 Å². The number of H-pyrrole nitrogens is 1. The Kier molecular flexibility index (Phi) is 3.45. The van der Waals surface area contributed by atoms with E-state index in [1.807, 2.05) is 18.2 Å². The molecule has 0 atom stereocenters. The molecule has 0 aliphatic carbocycles. The van der Waals surface area contributed by atoms with Crippen LogP contribution in [0.15, 0.2) is 36.8 Å². The maximum absolute atomic E-state index is 5.47. The molecule has 3 heterocycles. The van der Waals surface area contributed by atoms with Gasteiger partial charge >= 0.3 is 0 Å². The number of nitrogens with one attached hydrogen (secondary N) is 1. The van der Waals surface area contributed by atoms with E-state index in [2.05, 4.69) is 36.0 Å². The topological polar surface area (TPSA) is 70.2 Å². The lowest BCUT2D eigenvalue weighted by Crippen LogP contribution is -2.47. The fraction of sp³-hybridized carbons (Fsp3) is 0.312. The summed E-state index contributed by atoms with van der Waals surface area (Å²) < 4.78 is 5.47. The SMILES string of the molecule is COc1ccccc1N1CCN(c2ncnc3[nH]ncc23)CC1. The van der Waals surface area contributed by atoms with Gasteiger partial charge in [-0.1, -0.05) is 12.1 Å². The first-order valence-electron chi connectivity index (χ1n) is 7.64. The number of para-hydroxylation sites is 2. The van der Waals surface area contributed by atoms with Crippen molar-refractivity contribution in [2.24, 2.45) is 0 Å². The lowest BCUT2D eigenvalue weighted by molar-refractivity contribution is 0.413. The number of anilines is 2. The molecule has 1 N–H and O–H groups in total. The Morgan fingerprint density at radius 2 is 1.83 bits per heavy atom. The second-order valence-corrected chi connectivity index (χ2v) is 5.48. The van der Waals surface area contributed by atoms with Gasteiger partial charge in [-0.15, -0.1) is 0 Å². The smallest absolute Gasteiger partial charge is 0.160 e. The van der Waals surface area contributed by atoms with E-state index in [1.54, 1.807) is 19.6 Å². The second kappa shape index (κ2) is 5.75. The third kappa shape index (κ3) is 2.44. The number of nitrogens with zero attached hydrogens (tertiary/aromatic N) is 5. The van der Waals surface area contributed by atoms with Gasteiger partial charge in [0, 0.05) is 26.2 Å². The molecule has 4 rings (SSSR count). The average Bonchev–Trinajstić information content (AvgIpc) is 3.10. The summed E-state index contributed by atoms with van der Waals surface area (Å²) in [6.07, 6.45) is 3.37. The van der Waals surface area contributed by atoms with E-state index in [1.165, 1.54) is 0 Å². The highest BCUT2D eigenvalue weighted by atomic mass is 16.5. The highest BCUT2D eigenvalue weighted by Gasteiger charge is 2.22. The van der Waals surface area contributed by atoms with Crippen molar-refractivity contribution in [3.63, 3.8) is 0 Å². The number of ether oxygens (including phenoxy) is 1. The number of hydrogen-bond donors (Lipinski definition) is 1. The molecule has 7 nitrogen and oxygen atoms in total. The van der Waals surface area contributed by atoms with Gasteiger partial charge in [-0.25, -0.2) is 9.97 Å². The van der Waals surface area contributed by atoms with Crippen LogP contribution in [0.25, 0.3) is 11.0 Å². The van der Waals surface area contributed by atoms with E-state index >= 15 is 0 Å². The zero-order valence-corrected chi connectivity index (χ0v) is 12.9. The monoisotopic (exact) mass is 310 g/mol. The third-order valence-corrected chi connectivity index (χ3v) is 4.23. The molecular weight excluding hydrogens is 292 g/mol. The number of benzene rings is 1. The molecule has 3 aromatic rings. The van der Waals surface area contributed by atoms with Crippen LogP contribution < -0.4 is 14.5 Å². The normalized spacial score (nSPS) is 15.2. The van der Waals surface area contributed by atoms with Crippen molar-refractivity contribution in [1.29, 1.82) is 0 Å². The summed E-state index contributed by atoms with van der Waals surface area (Å²) in [6, 6.07) is 8.15. The summed E-state index contributed by atoms with van der Waals surface area (Å²) in [7, 11) is 1.71. The van der Waals surface area contributed by atoms with Gasteiger partial charge in [-0.05, 0) is 12.1 Å². The Balaban J connectivity index is 1.54. The molecule has 0 radical (unpaired) electrons. The fourth-order valence-electron chi connectivity index (χ4n) is 3.05. The lowest BCUT2D eigenvalue weighted by Gasteiger charge is -2.37. The molecule has 0 bridgehead atoms. The molecule has 2 aromatic heterocycles. The van der Waals surface area contributed by atoms with Crippen molar-refractivity contribution in [2.75, 3.05) is 43.1 Å². The van der Waals surface area contributed by atoms with Crippen LogP contribution in [-0.2, 0) is 0 Å². The number of aromatic nitrogens is 4. The molecular formula is C16H18N6O. The van der Waals surface area contributed by atoms with Crippen molar-refractivity contribution in [1.82, 2.24) is 20.2 Å². The minimum absolute atomic E-state index is 0.780. The van der Waals surface area contributed by atoms with E-state index in [9.17, 15) is 0 Å². The number of piperazine rings is 1. The van der Waals surface area contributed by atoms with Gasteiger partial charge in [-0.3, -0.25) is 5.10 Å². The van der Waals surface area contributed by atoms with E-state index in [4.69, 9.17) is 4.74 Å². The summed E-state index contributed by atoms with van der Waals surface area (Å²) in [5.41, 5.74) is 1.92. The number of hydrogen-bond acceptors (Lipinski definition) is 6. The summed E-state index contributed by atoms with van der Waals surface area (Å²) in [5.74, 6) is 1.86. The van der Waals surface area contributed by atoms with Crippen LogP contribution in [0.1, 0.15) is 0 Å². The highest BCUT2D eigenvalue weighted by molar-refractivity contribution is 5.86. The Bertz CT molecular complexity index is 809. The standard InChI is InChI=1S/C16H18N6O/c1-23-14-5-3-2-4-13(14)21-6-8-22(9-7-21)16-12-10-19-20-15(12)17-11-18-16/h2-5,10-11H,6-9H2,1H3,(H,17,18,19,20). The first kappa shape index (κ1) is 13.8. The second-order valence-electron chi connectivity index (χ2n) is 5.48. The van der Waals surface area contributed by atoms with Crippen LogP contribution >= 0.6 is 0 Å². The Hall–Kier alpha value is -2.83. The third-order valence-electron chi connectivity index (χ3n) is 4.23. The summed E-state index contributed by atoms with van der Waals surface area (Å²) in [6.45, 7) is 3.64. The molecule has 1 aromatic carbocycles. The van der Waals surface area contributed by atoms with Crippen LogP contribution in [0.2, 0.25) is 0 Å². The quantitative estimate of drug-likeness (QED) is 0.794. The highest BCUT2D eigenvalue weighted by Crippen LogP contribution is 2.29. The molecule has 0 spiro atoms. The molecule has 1 saturated heterocycles. The number of methoxy groups -OCH3 is 1. The first-order valence-corrected chi connectivity index (χ1v) is 7.64. The molecule has 1 aliphatic heterocycles. The Morgan fingerprint density at radius 1 is 1.04 bits per heavy atom. The lowest BCUT2D eigenvalue weighted by atomic mass is 10.2. The Labute approximate surface area is 133 Å². The molecule has 7 heteroatoms. The summed E-state index contributed by atoms with van der Waals surface area (Å²) in [4.78, 5) is 13.3. The van der Waals surface area contributed by atoms with Crippen LogP contribution in [0.3, 0.4) is 0 Å². The van der Waals surface area contributed by atoms with Crippen molar-refractivity contribution in [3.8, 4) is 5.75 Å². The Morgan fingerprint density at radius 3 is 2.65 bits per heavy atom. The summed E-state index contributed by atoms with van der Waals surface area (Å²) in [5, 5.41) is 7.93. The van der Waals surface area contributed by atoms with Crippen LogP contribution in [0.4, 0.5) is 11.5 Å². The molecule has 0 saturated carbocycles. The fourth-order valence-corrected chi connectivity index (χ4v) is 3.05. The van der Waals surface area contributed by atoms with E-state index in [0.29, 0.717) is 0 Å². The predicted octanol–water partition coefficient (Wildman–Crippen LogP) is 1.69. The molecule has 0 amide bonds. The van der Waals surface area contributed by atoms with Gasteiger partial charge in [0.15, 0.2) is 5.65 Å². The minimum Gasteiger partial charge on any atom is -0.495 e. The van der Waals surface area contributed by atoms with Gasteiger partial charge in [0.2, 0.25) is 0 Å². The molecule has 118 valence electrons. The van der Waals surface area contributed by atoms with Gasteiger partial charge in [0.25, 0.3) is 0 Å². The van der Waals surface area contributed by atoms with Crippen LogP contribution in [0.5, 0.6) is 5.75 Å². The number of fused-ring (bicyclic) bond motifs is 1. The molecule has 0 unspecified atom stereocenters. The average molecular weight is 310 g/mol. The first-order chi connectivity index (χ1) is 11.4. The predicted molar refractivity (Wildman–Crippen MR) is 89.1 cm³/mol. The van der Waals surface area contributed by atoms with Crippen LogP contribution in [0, 0.1) is 0 Å². The van der Waals surface area contributed by atoms with Crippen LogP contribution in [-0.4, -0.2) is 53.5 Å². The molecule has 1 fully saturated rings. The largest absolute Gasteiger partial charge is 0.495 e. The number of rotatable bonds is 3.